The van der Waals surface area contributed by atoms with Crippen LogP contribution in [0, 0.1) is 11.8 Å². The number of aliphatic hydroxyl groups excluding tert-OH is 1. The van der Waals surface area contributed by atoms with Crippen LogP contribution in [0.5, 0.6) is 0 Å². The van der Waals surface area contributed by atoms with Crippen molar-refractivity contribution >= 4 is 0 Å². The van der Waals surface area contributed by atoms with E-state index in [1.165, 1.54) is 25.7 Å². The Hall–Kier alpha value is -0.0800. The molecular weight excluding hydrogens is 200 g/mol. The van der Waals surface area contributed by atoms with Crippen LogP contribution in [-0.2, 0) is 4.74 Å². The van der Waals surface area contributed by atoms with Gasteiger partial charge in [0.1, 0.15) is 0 Å². The molecule has 1 N–H and O–H groups in total. The van der Waals surface area contributed by atoms with Gasteiger partial charge >= 0.3 is 0 Å². The van der Waals surface area contributed by atoms with Crippen molar-refractivity contribution < 1.29 is 9.84 Å². The van der Waals surface area contributed by atoms with Gasteiger partial charge in [0.25, 0.3) is 0 Å². The predicted octanol–water partition coefficient (Wildman–Crippen LogP) is 3.38. The van der Waals surface area contributed by atoms with E-state index in [1.54, 1.807) is 0 Å². The van der Waals surface area contributed by atoms with Crippen LogP contribution in [0.4, 0.5) is 0 Å². The lowest BCUT2D eigenvalue weighted by molar-refractivity contribution is 0.0354. The van der Waals surface area contributed by atoms with E-state index in [0.717, 1.165) is 38.4 Å². The molecule has 0 heterocycles. The van der Waals surface area contributed by atoms with Gasteiger partial charge in [0.2, 0.25) is 0 Å². The molecule has 0 aliphatic heterocycles. The second-order valence-electron chi connectivity index (χ2n) is 5.13. The summed E-state index contributed by atoms with van der Waals surface area (Å²) < 4.78 is 5.35. The zero-order valence-corrected chi connectivity index (χ0v) is 11.0. The summed E-state index contributed by atoms with van der Waals surface area (Å²) in [6.45, 7) is 5.96. The second kappa shape index (κ2) is 8.08. The average Bonchev–Trinajstić information content (AvgIpc) is 2.29. The maximum atomic E-state index is 9.97. The van der Waals surface area contributed by atoms with Crippen LogP contribution in [0.1, 0.15) is 58.8 Å². The molecule has 0 aromatic heterocycles. The molecular formula is C14H28O2. The molecule has 16 heavy (non-hydrogen) atoms. The molecule has 3 unspecified atom stereocenters. The van der Waals surface area contributed by atoms with Crippen LogP contribution in [0.3, 0.4) is 0 Å². The number of hydrogen-bond donors (Lipinski definition) is 1. The number of hydrogen-bond acceptors (Lipinski definition) is 2. The lowest BCUT2D eigenvalue weighted by Gasteiger charge is -2.33. The Morgan fingerprint density at radius 3 is 2.69 bits per heavy atom. The Balaban J connectivity index is 2.21. The van der Waals surface area contributed by atoms with Crippen molar-refractivity contribution in [3.8, 4) is 0 Å². The Bertz CT molecular complexity index is 170. The molecule has 96 valence electrons. The topological polar surface area (TPSA) is 29.5 Å². The van der Waals surface area contributed by atoms with E-state index in [-0.39, 0.29) is 6.10 Å². The molecule has 0 amide bonds. The zero-order chi connectivity index (χ0) is 11.8. The van der Waals surface area contributed by atoms with Gasteiger partial charge in [0.05, 0.1) is 6.10 Å². The maximum Gasteiger partial charge on any atom is 0.0568 e. The fraction of sp³-hybridized carbons (Fsp3) is 1.00. The standard InChI is InChI=1S/C14H28O2/c1-3-6-12-8-9-14(15)13(11-12)7-5-10-16-4-2/h12-15H,3-11H2,1-2H3. The molecule has 1 saturated carbocycles. The molecule has 2 nitrogen and oxygen atoms in total. The fourth-order valence-electron chi connectivity index (χ4n) is 2.92. The largest absolute Gasteiger partial charge is 0.393 e. The van der Waals surface area contributed by atoms with Crippen molar-refractivity contribution in [3.63, 3.8) is 0 Å². The van der Waals surface area contributed by atoms with E-state index in [0.29, 0.717) is 5.92 Å². The maximum absolute atomic E-state index is 9.97. The van der Waals surface area contributed by atoms with Gasteiger partial charge in [-0.15, -0.1) is 0 Å². The first-order valence-corrected chi connectivity index (χ1v) is 7.03. The van der Waals surface area contributed by atoms with Crippen LogP contribution in [0.15, 0.2) is 0 Å². The lowest BCUT2D eigenvalue weighted by atomic mass is 9.76. The van der Waals surface area contributed by atoms with Gasteiger partial charge in [-0.3, -0.25) is 0 Å². The van der Waals surface area contributed by atoms with Gasteiger partial charge in [-0.05, 0) is 50.9 Å². The highest BCUT2D eigenvalue weighted by Crippen LogP contribution is 2.34. The van der Waals surface area contributed by atoms with Crippen LogP contribution in [0.2, 0.25) is 0 Å². The molecule has 0 saturated heterocycles. The van der Waals surface area contributed by atoms with E-state index in [4.69, 9.17) is 4.74 Å². The SMILES string of the molecule is CCCC1CCC(O)C(CCCOCC)C1. The minimum atomic E-state index is -0.0465. The Morgan fingerprint density at radius 2 is 2.00 bits per heavy atom. The molecule has 0 radical (unpaired) electrons. The van der Waals surface area contributed by atoms with E-state index < -0.39 is 0 Å². The lowest BCUT2D eigenvalue weighted by Crippen LogP contribution is -2.29. The van der Waals surface area contributed by atoms with Crippen LogP contribution in [-0.4, -0.2) is 24.4 Å². The monoisotopic (exact) mass is 228 g/mol. The van der Waals surface area contributed by atoms with Gasteiger partial charge in [0, 0.05) is 13.2 Å². The molecule has 0 spiro atoms. The first-order valence-electron chi connectivity index (χ1n) is 7.03. The molecule has 3 atom stereocenters. The van der Waals surface area contributed by atoms with Crippen molar-refractivity contribution in [2.75, 3.05) is 13.2 Å². The third-order valence-corrected chi connectivity index (χ3v) is 3.82. The minimum Gasteiger partial charge on any atom is -0.393 e. The fourth-order valence-corrected chi connectivity index (χ4v) is 2.92. The van der Waals surface area contributed by atoms with Gasteiger partial charge in [-0.2, -0.15) is 0 Å². The molecule has 1 aliphatic rings. The summed E-state index contributed by atoms with van der Waals surface area (Å²) in [6, 6.07) is 0. The van der Waals surface area contributed by atoms with Crippen molar-refractivity contribution in [1.29, 1.82) is 0 Å². The smallest absolute Gasteiger partial charge is 0.0568 e. The Kier molecular flexibility index (Phi) is 7.06. The molecule has 2 heteroatoms. The molecule has 1 aliphatic carbocycles. The van der Waals surface area contributed by atoms with Gasteiger partial charge in [-0.25, -0.2) is 0 Å². The molecule has 1 fully saturated rings. The number of aliphatic hydroxyl groups is 1. The summed E-state index contributed by atoms with van der Waals surface area (Å²) in [5.41, 5.74) is 0. The zero-order valence-electron chi connectivity index (χ0n) is 11.0. The van der Waals surface area contributed by atoms with E-state index >= 15 is 0 Å². The van der Waals surface area contributed by atoms with Crippen LogP contribution in [0.25, 0.3) is 0 Å². The number of ether oxygens (including phenoxy) is 1. The Labute approximate surface area is 100 Å². The van der Waals surface area contributed by atoms with E-state index in [9.17, 15) is 5.11 Å². The summed E-state index contributed by atoms with van der Waals surface area (Å²) in [5, 5.41) is 9.97. The summed E-state index contributed by atoms with van der Waals surface area (Å²) in [4.78, 5) is 0. The molecule has 0 bridgehead atoms. The molecule has 0 aromatic carbocycles. The second-order valence-corrected chi connectivity index (χ2v) is 5.13. The van der Waals surface area contributed by atoms with Crippen LogP contribution >= 0.6 is 0 Å². The Morgan fingerprint density at radius 1 is 1.19 bits per heavy atom. The van der Waals surface area contributed by atoms with Crippen molar-refractivity contribution in [1.82, 2.24) is 0 Å². The number of rotatable bonds is 7. The van der Waals surface area contributed by atoms with Crippen molar-refractivity contribution in [3.05, 3.63) is 0 Å². The first kappa shape index (κ1) is 14.0. The third-order valence-electron chi connectivity index (χ3n) is 3.82. The molecule has 0 aromatic rings. The van der Waals surface area contributed by atoms with Gasteiger partial charge < -0.3 is 9.84 Å². The quantitative estimate of drug-likeness (QED) is 0.677. The first-order chi connectivity index (χ1) is 7.77. The van der Waals surface area contributed by atoms with E-state index in [2.05, 4.69) is 6.92 Å². The highest BCUT2D eigenvalue weighted by Gasteiger charge is 2.27. The van der Waals surface area contributed by atoms with Crippen LogP contribution < -0.4 is 0 Å². The molecule has 1 rings (SSSR count). The normalized spacial score (nSPS) is 30.6. The average molecular weight is 228 g/mol. The highest BCUT2D eigenvalue weighted by atomic mass is 16.5. The summed E-state index contributed by atoms with van der Waals surface area (Å²) >= 11 is 0. The van der Waals surface area contributed by atoms with Gasteiger partial charge in [-0.1, -0.05) is 19.8 Å². The highest BCUT2D eigenvalue weighted by molar-refractivity contribution is 4.79. The van der Waals surface area contributed by atoms with Crippen molar-refractivity contribution in [2.24, 2.45) is 11.8 Å². The van der Waals surface area contributed by atoms with Gasteiger partial charge in [0.15, 0.2) is 0 Å². The minimum absolute atomic E-state index is 0.0465. The summed E-state index contributed by atoms with van der Waals surface area (Å²) in [7, 11) is 0. The predicted molar refractivity (Wildman–Crippen MR) is 67.5 cm³/mol. The third kappa shape index (κ3) is 4.84. The van der Waals surface area contributed by atoms with E-state index in [1.807, 2.05) is 6.92 Å². The van der Waals surface area contributed by atoms with Crippen molar-refractivity contribution in [2.45, 2.75) is 64.9 Å². The summed E-state index contributed by atoms with van der Waals surface area (Å²) in [6.07, 6.45) is 8.31. The summed E-state index contributed by atoms with van der Waals surface area (Å²) in [5.74, 6) is 1.40.